The van der Waals surface area contributed by atoms with Crippen LogP contribution in [0.2, 0.25) is 0 Å². The largest absolute Gasteiger partial charge is 0.384 e. The van der Waals surface area contributed by atoms with Gasteiger partial charge in [0.2, 0.25) is 5.95 Å². The van der Waals surface area contributed by atoms with Crippen molar-refractivity contribution in [3.05, 3.63) is 71.2 Å². The number of aliphatic imine (C=N–C) groups is 1. The fraction of sp³-hybridized carbons (Fsp3) is 0.357. The first-order valence-corrected chi connectivity index (χ1v) is 12.7. The van der Waals surface area contributed by atoms with E-state index in [0.29, 0.717) is 40.9 Å². The molecule has 9 heteroatoms. The topological polar surface area (TPSA) is 137 Å². The number of nitriles is 1. The smallest absolute Gasteiger partial charge is 0.226 e. The number of nitrogens with zero attached hydrogens (tertiary/aromatic N) is 7. The highest BCUT2D eigenvalue weighted by atomic mass is 16.3. The molecule has 37 heavy (non-hydrogen) atoms. The summed E-state index contributed by atoms with van der Waals surface area (Å²) in [4.78, 5) is 20.9. The van der Waals surface area contributed by atoms with E-state index < -0.39 is 5.60 Å². The molecule has 2 aliphatic rings. The standard InChI is InChI=1S/C28H30N8O/c29-17-20-7-5-8-21(15-20)23-16-24(34-27(33-23)36-13-3-4-14-36)25(35-30)19-31-18-22-9-6-10-26(32-22)28(37)11-1-2-12-28/h5-10,15-16,19,37H,1-4,11-14,18,30H2/b31-19?,35-25+. The van der Waals surface area contributed by atoms with Crippen LogP contribution < -0.4 is 10.7 Å². The number of hydrogen-bond donors (Lipinski definition) is 2. The Morgan fingerprint density at radius 1 is 1.05 bits per heavy atom. The number of pyridine rings is 1. The normalized spacial score (nSPS) is 17.4. The molecule has 1 aromatic carbocycles. The van der Waals surface area contributed by atoms with Gasteiger partial charge in [-0.2, -0.15) is 10.4 Å². The fourth-order valence-electron chi connectivity index (χ4n) is 4.95. The lowest BCUT2D eigenvalue weighted by Crippen LogP contribution is -2.23. The minimum absolute atomic E-state index is 0.323. The van der Waals surface area contributed by atoms with Crippen LogP contribution in [0, 0.1) is 11.3 Å². The van der Waals surface area contributed by atoms with Crippen molar-refractivity contribution in [3.8, 4) is 17.3 Å². The summed E-state index contributed by atoms with van der Waals surface area (Å²) in [6.45, 7) is 2.10. The molecule has 188 valence electrons. The van der Waals surface area contributed by atoms with Crippen LogP contribution in [0.3, 0.4) is 0 Å². The van der Waals surface area contributed by atoms with Crippen molar-refractivity contribution < 1.29 is 5.11 Å². The van der Waals surface area contributed by atoms with Crippen molar-refractivity contribution >= 4 is 17.9 Å². The molecule has 1 saturated heterocycles. The van der Waals surface area contributed by atoms with Crippen molar-refractivity contribution in [2.24, 2.45) is 15.9 Å². The lowest BCUT2D eigenvalue weighted by Gasteiger charge is -2.21. The molecule has 0 radical (unpaired) electrons. The van der Waals surface area contributed by atoms with E-state index in [0.717, 1.165) is 62.9 Å². The van der Waals surface area contributed by atoms with Gasteiger partial charge in [-0.3, -0.25) is 9.98 Å². The Hall–Kier alpha value is -4.16. The Morgan fingerprint density at radius 3 is 2.59 bits per heavy atom. The number of aromatic nitrogens is 3. The SMILES string of the molecule is N#Cc1cccc(-c2cc(/C(C=NCc3cccc(C4(O)CCCC4)n3)=N/N)nc(N3CCCC3)n2)c1. The molecule has 0 bridgehead atoms. The average Bonchev–Trinajstić information content (AvgIpc) is 3.64. The van der Waals surface area contributed by atoms with Crippen LogP contribution in [0.1, 0.15) is 61.2 Å². The number of aliphatic hydroxyl groups is 1. The summed E-state index contributed by atoms with van der Waals surface area (Å²) < 4.78 is 0. The lowest BCUT2D eigenvalue weighted by molar-refractivity contribution is 0.0398. The number of nitrogens with two attached hydrogens (primary N) is 1. The van der Waals surface area contributed by atoms with Crippen LogP contribution in [-0.2, 0) is 12.1 Å². The number of hydrogen-bond acceptors (Lipinski definition) is 9. The third-order valence-corrected chi connectivity index (χ3v) is 6.97. The Kier molecular flexibility index (Phi) is 7.19. The molecule has 0 unspecified atom stereocenters. The van der Waals surface area contributed by atoms with Gasteiger partial charge in [0.15, 0.2) is 0 Å². The zero-order valence-corrected chi connectivity index (χ0v) is 20.7. The second-order valence-electron chi connectivity index (χ2n) is 9.56. The van der Waals surface area contributed by atoms with Crippen LogP contribution in [0.4, 0.5) is 5.95 Å². The minimum atomic E-state index is -0.838. The highest BCUT2D eigenvalue weighted by molar-refractivity contribution is 6.37. The highest BCUT2D eigenvalue weighted by Crippen LogP contribution is 2.37. The Bertz CT molecular complexity index is 1360. The molecule has 1 saturated carbocycles. The molecule has 1 aliphatic heterocycles. The zero-order chi connectivity index (χ0) is 25.7. The van der Waals surface area contributed by atoms with Gasteiger partial charge in [-0.1, -0.05) is 31.0 Å². The minimum Gasteiger partial charge on any atom is -0.384 e. The summed E-state index contributed by atoms with van der Waals surface area (Å²) in [5.41, 5.74) is 3.69. The third kappa shape index (κ3) is 5.49. The molecule has 0 atom stereocenters. The first kappa shape index (κ1) is 24.5. The van der Waals surface area contributed by atoms with Crippen LogP contribution in [0.25, 0.3) is 11.3 Å². The second-order valence-corrected chi connectivity index (χ2v) is 9.56. The number of hydrazone groups is 1. The van der Waals surface area contributed by atoms with E-state index in [1.807, 2.05) is 42.5 Å². The molecule has 2 aromatic heterocycles. The number of anilines is 1. The summed E-state index contributed by atoms with van der Waals surface area (Å²) in [6, 6.07) is 17.0. The Balaban J connectivity index is 1.42. The summed E-state index contributed by atoms with van der Waals surface area (Å²) in [7, 11) is 0. The van der Waals surface area contributed by atoms with Crippen molar-refractivity contribution in [1.29, 1.82) is 5.26 Å². The van der Waals surface area contributed by atoms with E-state index >= 15 is 0 Å². The van der Waals surface area contributed by atoms with E-state index in [2.05, 4.69) is 26.0 Å². The van der Waals surface area contributed by atoms with Gasteiger partial charge in [0.1, 0.15) is 11.3 Å². The molecule has 0 spiro atoms. The summed E-state index contributed by atoms with van der Waals surface area (Å²) in [6.07, 6.45) is 7.29. The Labute approximate surface area is 216 Å². The molecule has 5 rings (SSSR count). The van der Waals surface area contributed by atoms with E-state index in [1.54, 1.807) is 12.3 Å². The van der Waals surface area contributed by atoms with Crippen LogP contribution >= 0.6 is 0 Å². The maximum absolute atomic E-state index is 10.9. The maximum atomic E-state index is 10.9. The summed E-state index contributed by atoms with van der Waals surface area (Å²) in [5.74, 6) is 6.39. The first-order valence-electron chi connectivity index (χ1n) is 12.7. The lowest BCUT2D eigenvalue weighted by atomic mass is 9.97. The number of rotatable bonds is 7. The van der Waals surface area contributed by atoms with Gasteiger partial charge >= 0.3 is 0 Å². The predicted octanol–water partition coefficient (Wildman–Crippen LogP) is 3.71. The maximum Gasteiger partial charge on any atom is 0.226 e. The first-order chi connectivity index (χ1) is 18.1. The van der Waals surface area contributed by atoms with Gasteiger partial charge in [0.05, 0.1) is 47.2 Å². The van der Waals surface area contributed by atoms with E-state index in [1.165, 1.54) is 0 Å². The molecular formula is C28H30N8O. The molecule has 3 aromatic rings. The van der Waals surface area contributed by atoms with Crippen molar-refractivity contribution in [3.63, 3.8) is 0 Å². The quantitative estimate of drug-likeness (QED) is 0.290. The fourth-order valence-corrected chi connectivity index (χ4v) is 4.95. The van der Waals surface area contributed by atoms with Gasteiger partial charge in [0, 0.05) is 18.7 Å². The molecule has 2 fully saturated rings. The molecule has 1 aliphatic carbocycles. The van der Waals surface area contributed by atoms with Gasteiger partial charge in [-0.25, -0.2) is 9.97 Å². The summed E-state index contributed by atoms with van der Waals surface area (Å²) >= 11 is 0. The molecule has 0 amide bonds. The van der Waals surface area contributed by atoms with Crippen molar-refractivity contribution in [1.82, 2.24) is 15.0 Å². The second kappa shape index (κ2) is 10.8. The van der Waals surface area contributed by atoms with Crippen LogP contribution in [0.15, 0.2) is 58.6 Å². The van der Waals surface area contributed by atoms with Gasteiger partial charge in [0.25, 0.3) is 0 Å². The van der Waals surface area contributed by atoms with Crippen LogP contribution in [-0.4, -0.2) is 45.1 Å². The van der Waals surface area contributed by atoms with E-state index in [-0.39, 0.29) is 0 Å². The van der Waals surface area contributed by atoms with E-state index in [9.17, 15) is 10.4 Å². The monoisotopic (exact) mass is 494 g/mol. The predicted molar refractivity (Wildman–Crippen MR) is 143 cm³/mol. The van der Waals surface area contributed by atoms with Crippen LogP contribution in [0.5, 0.6) is 0 Å². The summed E-state index contributed by atoms with van der Waals surface area (Å²) in [5, 5.41) is 24.2. The van der Waals surface area contributed by atoms with Crippen molar-refractivity contribution in [2.45, 2.75) is 50.7 Å². The van der Waals surface area contributed by atoms with Gasteiger partial charge in [-0.05, 0) is 56.0 Å². The van der Waals surface area contributed by atoms with Gasteiger partial charge < -0.3 is 15.8 Å². The van der Waals surface area contributed by atoms with Crippen molar-refractivity contribution in [2.75, 3.05) is 18.0 Å². The zero-order valence-electron chi connectivity index (χ0n) is 20.7. The number of benzene rings is 1. The van der Waals surface area contributed by atoms with Gasteiger partial charge in [-0.15, -0.1) is 0 Å². The molecular weight excluding hydrogens is 464 g/mol. The third-order valence-electron chi connectivity index (χ3n) is 6.97. The average molecular weight is 495 g/mol. The molecule has 3 N–H and O–H groups in total. The molecule has 9 nitrogen and oxygen atoms in total. The highest BCUT2D eigenvalue weighted by Gasteiger charge is 2.34. The van der Waals surface area contributed by atoms with E-state index in [4.69, 9.17) is 15.8 Å². The molecule has 3 heterocycles. The Morgan fingerprint density at radius 2 is 1.84 bits per heavy atom.